The third kappa shape index (κ3) is 6.17. The molecule has 109 valence electrons. The number of hydrogen-bond acceptors (Lipinski definition) is 7. The van der Waals surface area contributed by atoms with Gasteiger partial charge < -0.3 is 11.5 Å². The maximum absolute atomic E-state index is 8.35. The summed E-state index contributed by atoms with van der Waals surface area (Å²) in [5.41, 5.74) is 10.6. The monoisotopic (exact) mass is 316 g/mol. The molecule has 0 aliphatic heterocycles. The molecule has 0 aliphatic carbocycles. The van der Waals surface area contributed by atoms with Crippen LogP contribution in [0.4, 0.5) is 0 Å². The van der Waals surface area contributed by atoms with Crippen LogP contribution in [0.25, 0.3) is 0 Å². The molecular formula is C12H18FeN7. The van der Waals surface area contributed by atoms with Crippen molar-refractivity contribution >= 4 is 0 Å². The van der Waals surface area contributed by atoms with Crippen LogP contribution in [0.5, 0.6) is 0 Å². The van der Waals surface area contributed by atoms with Crippen LogP contribution in [0.15, 0.2) is 0 Å². The maximum atomic E-state index is 8.35. The van der Waals surface area contributed by atoms with E-state index in [1.807, 2.05) is 0 Å². The standard InChI is InChI=1S/C7H18N2.5CN.Fe/c8-6-4-2-1-3-5-7-9;5*1-2;/h1-9H2;;;;;;. The van der Waals surface area contributed by atoms with Crippen molar-refractivity contribution in [1.29, 1.82) is 26.3 Å². The van der Waals surface area contributed by atoms with Crippen molar-refractivity contribution in [2.24, 2.45) is 11.5 Å². The van der Waals surface area contributed by atoms with Crippen molar-refractivity contribution < 1.29 is 11.8 Å². The van der Waals surface area contributed by atoms with Gasteiger partial charge in [-0.25, -0.2) is 0 Å². The molecule has 0 saturated heterocycles. The molecule has 0 aliphatic rings. The molecule has 0 heterocycles. The van der Waals surface area contributed by atoms with E-state index in [0.29, 0.717) is 0 Å². The molecule has 0 rings (SSSR count). The van der Waals surface area contributed by atoms with Gasteiger partial charge in [0.25, 0.3) is 0 Å². The van der Waals surface area contributed by atoms with Crippen molar-refractivity contribution in [1.82, 2.24) is 0 Å². The van der Waals surface area contributed by atoms with E-state index in [2.05, 4.69) is 0 Å². The summed E-state index contributed by atoms with van der Waals surface area (Å²) in [6, 6.07) is 0. The molecule has 0 aromatic carbocycles. The first-order valence-electron chi connectivity index (χ1n) is 5.82. The molecule has 4 N–H and O–H groups in total. The van der Waals surface area contributed by atoms with Crippen molar-refractivity contribution in [3.63, 3.8) is 0 Å². The van der Waals surface area contributed by atoms with Gasteiger partial charge in [0.2, 0.25) is 0 Å². The van der Waals surface area contributed by atoms with Gasteiger partial charge in [-0.2, -0.15) is 0 Å². The molecule has 0 radical (unpaired) electrons. The summed E-state index contributed by atoms with van der Waals surface area (Å²) in [7, 11) is 0. The quantitative estimate of drug-likeness (QED) is 0.541. The zero-order chi connectivity index (χ0) is 15.9. The van der Waals surface area contributed by atoms with E-state index in [1.54, 1.807) is 0 Å². The topological polar surface area (TPSA) is 171 Å². The van der Waals surface area contributed by atoms with Crippen molar-refractivity contribution in [3.8, 4) is 24.8 Å². The average Bonchev–Trinajstić information content (AvgIpc) is 2.52. The number of unbranched alkanes of at least 4 members (excludes halogenated alkanes) is 4. The van der Waals surface area contributed by atoms with E-state index in [4.69, 9.17) is 37.8 Å². The smallest absolute Gasteiger partial charge is 0.00773 e. The van der Waals surface area contributed by atoms with Crippen LogP contribution in [0.3, 0.4) is 0 Å². The van der Waals surface area contributed by atoms with Crippen LogP contribution in [-0.4, -0.2) is 13.1 Å². The predicted molar refractivity (Wildman–Crippen MR) is 69.3 cm³/mol. The van der Waals surface area contributed by atoms with Crippen LogP contribution in [0.2, 0.25) is 0 Å². The molecule has 0 aromatic rings. The SMILES string of the molecule is N#[C][Fe]([C]#N)([C]#N)([C]#N)[C]#N.NCCCCCCCN. The third-order valence-electron chi connectivity index (χ3n) is 2.20. The molecule has 20 heavy (non-hydrogen) atoms. The molecule has 0 saturated carbocycles. The number of rotatable bonds is 6. The number of nitrogens with two attached hydrogens (primary N) is 2. The Balaban J connectivity index is 0. The van der Waals surface area contributed by atoms with Crippen LogP contribution in [-0.2, 0) is 11.8 Å². The van der Waals surface area contributed by atoms with Crippen molar-refractivity contribution in [3.05, 3.63) is 0 Å². The number of hydrogen-bond donors (Lipinski definition) is 2. The van der Waals surface area contributed by atoms with Crippen molar-refractivity contribution in [2.45, 2.75) is 32.1 Å². The third-order valence-corrected chi connectivity index (χ3v) is 4.67. The first kappa shape index (κ1) is 20.2. The van der Waals surface area contributed by atoms with Crippen LogP contribution in [0, 0.1) is 51.1 Å². The molecule has 8 heteroatoms. The second-order valence-corrected chi connectivity index (χ2v) is 7.62. The Kier molecular flexibility index (Phi) is 10.9. The molecule has 0 aromatic heterocycles. The molecule has 0 atom stereocenters. The molecule has 7 nitrogen and oxygen atoms in total. The second kappa shape index (κ2) is 10.8. The minimum Gasteiger partial charge on any atom is -0.330 e. The Morgan fingerprint density at radius 3 is 0.950 bits per heavy atom. The summed E-state index contributed by atoms with van der Waals surface area (Å²) >= 11 is -4.78. The Labute approximate surface area is 120 Å². The second-order valence-electron chi connectivity index (χ2n) is 3.62. The van der Waals surface area contributed by atoms with E-state index in [-0.39, 0.29) is 0 Å². The van der Waals surface area contributed by atoms with Crippen LogP contribution < -0.4 is 11.5 Å². The normalized spacial score (nSPS) is 10.8. The summed E-state index contributed by atoms with van der Waals surface area (Å²) < 4.78 is 0. The molecular weight excluding hydrogens is 298 g/mol. The van der Waals surface area contributed by atoms with E-state index in [1.165, 1.54) is 56.9 Å². The van der Waals surface area contributed by atoms with Gasteiger partial charge in [0, 0.05) is 0 Å². The zero-order valence-corrected chi connectivity index (χ0v) is 12.3. The number of nitrogens with zero attached hydrogens (tertiary/aromatic N) is 5. The maximum Gasteiger partial charge on any atom is -0.00773 e. The van der Waals surface area contributed by atoms with Gasteiger partial charge in [0.05, 0.1) is 0 Å². The van der Waals surface area contributed by atoms with Gasteiger partial charge in [-0.1, -0.05) is 19.3 Å². The van der Waals surface area contributed by atoms with E-state index >= 15 is 0 Å². The van der Waals surface area contributed by atoms with E-state index in [0.717, 1.165) is 13.1 Å². The molecule has 0 fully saturated rings. The first-order chi connectivity index (χ1) is 9.53. The fourth-order valence-corrected chi connectivity index (χ4v) is 1.55. The van der Waals surface area contributed by atoms with Gasteiger partial charge in [-0.3, -0.25) is 0 Å². The molecule has 0 amide bonds. The minimum absolute atomic E-state index is 0.836. The van der Waals surface area contributed by atoms with Crippen LogP contribution >= 0.6 is 0 Å². The molecule has 0 unspecified atom stereocenters. The average molecular weight is 316 g/mol. The summed E-state index contributed by atoms with van der Waals surface area (Å²) in [5, 5.41) is 41.8. The largest absolute Gasteiger partial charge is 0.330 e. The van der Waals surface area contributed by atoms with Gasteiger partial charge in [0.15, 0.2) is 0 Å². The summed E-state index contributed by atoms with van der Waals surface area (Å²) in [6.45, 7) is 1.67. The van der Waals surface area contributed by atoms with Gasteiger partial charge in [-0.05, 0) is 25.9 Å². The molecule has 0 bridgehead atoms. The number of nitriles is 5. The Morgan fingerprint density at radius 2 is 0.800 bits per heavy atom. The fourth-order valence-electron chi connectivity index (χ4n) is 0.996. The Hall–Kier alpha value is -2.11. The first-order valence-corrected chi connectivity index (χ1v) is 8.58. The van der Waals surface area contributed by atoms with E-state index in [9.17, 15) is 0 Å². The Bertz CT molecular complexity index is 389. The molecule has 0 spiro atoms. The Morgan fingerprint density at radius 1 is 0.550 bits per heavy atom. The summed E-state index contributed by atoms with van der Waals surface area (Å²) in [4.78, 5) is 6.12. The predicted octanol–water partition coefficient (Wildman–Crippen LogP) is 0.936. The zero-order valence-electron chi connectivity index (χ0n) is 11.2. The van der Waals surface area contributed by atoms with Gasteiger partial charge >= 0.3 is 62.9 Å². The van der Waals surface area contributed by atoms with Crippen LogP contribution in [0.1, 0.15) is 32.1 Å². The van der Waals surface area contributed by atoms with Crippen molar-refractivity contribution in [2.75, 3.05) is 13.1 Å². The van der Waals surface area contributed by atoms with Gasteiger partial charge in [0.1, 0.15) is 0 Å². The van der Waals surface area contributed by atoms with E-state index < -0.39 is 11.8 Å². The van der Waals surface area contributed by atoms with Gasteiger partial charge in [-0.15, -0.1) is 0 Å². The fraction of sp³-hybridized carbons (Fsp3) is 0.583. The minimum atomic E-state index is -4.78. The summed E-state index contributed by atoms with van der Waals surface area (Å²) in [5.74, 6) is 0. The summed E-state index contributed by atoms with van der Waals surface area (Å²) in [6.07, 6.45) is 6.19.